The fraction of sp³-hybridized carbons (Fsp3) is 0.412. The van der Waals surface area contributed by atoms with E-state index in [2.05, 4.69) is 14.9 Å². The van der Waals surface area contributed by atoms with Crippen LogP contribution in [-0.4, -0.2) is 68.3 Å². The van der Waals surface area contributed by atoms with Crippen molar-refractivity contribution < 1.29 is 14.3 Å². The molecule has 1 unspecified atom stereocenters. The van der Waals surface area contributed by atoms with Crippen LogP contribution in [0.25, 0.3) is 0 Å². The van der Waals surface area contributed by atoms with Gasteiger partial charge in [0.05, 0.1) is 20.3 Å². The van der Waals surface area contributed by atoms with Gasteiger partial charge >= 0.3 is 5.85 Å². The van der Waals surface area contributed by atoms with E-state index in [4.69, 9.17) is 25.8 Å². The number of nitrogens with zero attached hydrogens (tertiary/aromatic N) is 5. The van der Waals surface area contributed by atoms with Gasteiger partial charge in [-0.05, 0) is 12.1 Å². The number of methoxy groups -OCH3 is 1. The van der Waals surface area contributed by atoms with Gasteiger partial charge in [0.15, 0.2) is 11.5 Å². The third-order valence-corrected chi connectivity index (χ3v) is 4.77. The smallest absolute Gasteiger partial charge is 0.303 e. The van der Waals surface area contributed by atoms with Crippen LogP contribution in [0.5, 0.6) is 0 Å². The molecule has 10 heteroatoms. The minimum Gasteiger partial charge on any atom is -0.378 e. The second-order valence-electron chi connectivity index (χ2n) is 6.17. The third kappa shape index (κ3) is 2.52. The number of benzene rings is 1. The van der Waals surface area contributed by atoms with E-state index in [1.54, 1.807) is 12.0 Å². The minimum atomic E-state index is -1.31. The zero-order valence-electron chi connectivity index (χ0n) is 15.3. The summed E-state index contributed by atoms with van der Waals surface area (Å²) >= 11 is 0. The molecule has 1 aromatic rings. The summed E-state index contributed by atoms with van der Waals surface area (Å²) in [5, 5.41) is 1.38. The van der Waals surface area contributed by atoms with Crippen molar-refractivity contribution in [3.63, 3.8) is 0 Å². The summed E-state index contributed by atoms with van der Waals surface area (Å²) in [5.74, 6) is -0.293. The van der Waals surface area contributed by atoms with Crippen LogP contribution in [-0.2, 0) is 14.3 Å². The van der Waals surface area contributed by atoms with Crippen LogP contribution in [0.3, 0.4) is 0 Å². The maximum atomic E-state index is 6.33. The quantitative estimate of drug-likeness (QED) is 0.747. The Bertz CT molecular complexity index is 804. The van der Waals surface area contributed by atoms with Gasteiger partial charge in [-0.3, -0.25) is 9.74 Å². The zero-order chi connectivity index (χ0) is 19.0. The highest BCUT2D eigenvalue weighted by Gasteiger charge is 2.59. The minimum absolute atomic E-state index is 0.149. The average Bonchev–Trinajstić information content (AvgIpc) is 3.01. The van der Waals surface area contributed by atoms with Crippen LogP contribution in [0.4, 0.5) is 5.69 Å². The predicted molar refractivity (Wildman–Crippen MR) is 100 cm³/mol. The Hall–Kier alpha value is -2.82. The number of hydroxylamine groups is 2. The van der Waals surface area contributed by atoms with Gasteiger partial charge in [0.1, 0.15) is 0 Å². The molecule has 1 atom stereocenters. The van der Waals surface area contributed by atoms with Crippen LogP contribution in [0.2, 0.25) is 0 Å². The van der Waals surface area contributed by atoms with E-state index in [1.807, 2.05) is 30.3 Å². The number of morpholine rings is 1. The average molecular weight is 373 g/mol. The number of hydrogen-bond donors (Lipinski definition) is 2. The monoisotopic (exact) mass is 373 g/mol. The van der Waals surface area contributed by atoms with Crippen LogP contribution >= 0.6 is 0 Å². The maximum Gasteiger partial charge on any atom is 0.303 e. The van der Waals surface area contributed by atoms with E-state index in [1.165, 1.54) is 12.2 Å². The SMILES string of the molecule is CON1C(N)=NC(N2CCOCC2)=C2N=C(N)N(c3ccccc3)C21OC. The molecule has 4 rings (SSSR count). The van der Waals surface area contributed by atoms with E-state index in [-0.39, 0.29) is 11.9 Å². The summed E-state index contributed by atoms with van der Waals surface area (Å²) in [4.78, 5) is 18.5. The second-order valence-corrected chi connectivity index (χ2v) is 6.17. The molecule has 0 saturated carbocycles. The van der Waals surface area contributed by atoms with Crippen molar-refractivity contribution in [2.75, 3.05) is 45.4 Å². The molecule has 0 spiro atoms. The molecule has 3 aliphatic rings. The van der Waals surface area contributed by atoms with Gasteiger partial charge in [0, 0.05) is 25.9 Å². The number of rotatable bonds is 4. The molecule has 4 N–H and O–H groups in total. The Kier molecular flexibility index (Phi) is 4.38. The Morgan fingerprint density at radius 1 is 1.04 bits per heavy atom. The molecule has 0 radical (unpaired) electrons. The van der Waals surface area contributed by atoms with Gasteiger partial charge in [-0.1, -0.05) is 18.2 Å². The lowest BCUT2D eigenvalue weighted by atomic mass is 10.2. The van der Waals surface area contributed by atoms with Crippen molar-refractivity contribution in [3.05, 3.63) is 41.8 Å². The molecule has 3 aliphatic heterocycles. The van der Waals surface area contributed by atoms with E-state index < -0.39 is 5.85 Å². The number of fused-ring (bicyclic) bond motifs is 1. The lowest BCUT2D eigenvalue weighted by Gasteiger charge is -2.47. The van der Waals surface area contributed by atoms with Gasteiger partial charge in [-0.2, -0.15) is 10.1 Å². The summed E-state index contributed by atoms with van der Waals surface area (Å²) in [7, 11) is 3.06. The zero-order valence-corrected chi connectivity index (χ0v) is 15.3. The first-order valence-electron chi connectivity index (χ1n) is 8.64. The third-order valence-electron chi connectivity index (χ3n) is 4.77. The Labute approximate surface area is 157 Å². The first-order chi connectivity index (χ1) is 13.1. The molecular weight excluding hydrogens is 350 g/mol. The van der Waals surface area contributed by atoms with Crippen molar-refractivity contribution in [1.82, 2.24) is 9.96 Å². The molecule has 27 heavy (non-hydrogen) atoms. The second kappa shape index (κ2) is 6.72. The van der Waals surface area contributed by atoms with Crippen LogP contribution in [0.1, 0.15) is 0 Å². The summed E-state index contributed by atoms with van der Waals surface area (Å²) < 4.78 is 11.4. The predicted octanol–water partition coefficient (Wildman–Crippen LogP) is -0.185. The molecule has 1 aromatic carbocycles. The van der Waals surface area contributed by atoms with Crippen molar-refractivity contribution >= 4 is 17.6 Å². The highest BCUT2D eigenvalue weighted by molar-refractivity contribution is 6.01. The topological polar surface area (TPSA) is 114 Å². The molecule has 1 fully saturated rings. The molecule has 0 bridgehead atoms. The normalized spacial score (nSPS) is 25.5. The van der Waals surface area contributed by atoms with E-state index >= 15 is 0 Å². The van der Waals surface area contributed by atoms with Crippen molar-refractivity contribution in [2.24, 2.45) is 21.5 Å². The summed E-state index contributed by atoms with van der Waals surface area (Å²) in [6.07, 6.45) is 0. The lowest BCUT2D eigenvalue weighted by Crippen LogP contribution is -2.67. The van der Waals surface area contributed by atoms with E-state index in [0.29, 0.717) is 37.8 Å². The first kappa shape index (κ1) is 17.6. The number of aliphatic imine (C=N–C) groups is 2. The molecule has 10 nitrogen and oxygen atoms in total. The fourth-order valence-electron chi connectivity index (χ4n) is 3.61. The van der Waals surface area contributed by atoms with Gasteiger partial charge in [-0.15, -0.1) is 0 Å². The van der Waals surface area contributed by atoms with Crippen LogP contribution in [0.15, 0.2) is 51.8 Å². The van der Waals surface area contributed by atoms with E-state index in [9.17, 15) is 0 Å². The summed E-state index contributed by atoms with van der Waals surface area (Å²) in [6, 6.07) is 9.57. The van der Waals surface area contributed by atoms with Crippen molar-refractivity contribution in [3.8, 4) is 0 Å². The van der Waals surface area contributed by atoms with Gasteiger partial charge in [0.25, 0.3) is 0 Å². The number of guanidine groups is 2. The number of nitrogens with two attached hydrogens (primary N) is 2. The first-order valence-corrected chi connectivity index (χ1v) is 8.64. The van der Waals surface area contributed by atoms with Crippen molar-refractivity contribution in [2.45, 2.75) is 5.85 Å². The van der Waals surface area contributed by atoms with Gasteiger partial charge in [-0.25, -0.2) is 4.99 Å². The standard InChI is InChI=1S/C17H23N7O3/c1-25-17-13(20-15(18)23(17)12-6-4-3-5-7-12)14(21-16(19)24(17)26-2)22-8-10-27-11-9-22/h3-7H,8-11H2,1-2H3,(H2,18,20)(H2,19,21). The Morgan fingerprint density at radius 3 is 2.37 bits per heavy atom. The molecular formula is C17H23N7O3. The molecule has 0 amide bonds. The summed E-state index contributed by atoms with van der Waals surface area (Å²) in [5.41, 5.74) is 13.9. The Morgan fingerprint density at radius 2 is 1.74 bits per heavy atom. The molecule has 1 saturated heterocycles. The summed E-state index contributed by atoms with van der Waals surface area (Å²) in [6.45, 7) is 2.54. The van der Waals surface area contributed by atoms with E-state index in [0.717, 1.165) is 5.69 Å². The number of ether oxygens (including phenoxy) is 2. The highest BCUT2D eigenvalue weighted by Crippen LogP contribution is 2.43. The van der Waals surface area contributed by atoms with Crippen LogP contribution < -0.4 is 16.4 Å². The molecule has 3 heterocycles. The lowest BCUT2D eigenvalue weighted by molar-refractivity contribution is -0.223. The maximum absolute atomic E-state index is 6.33. The highest BCUT2D eigenvalue weighted by atomic mass is 16.7. The number of anilines is 1. The fourth-order valence-corrected chi connectivity index (χ4v) is 3.61. The Balaban J connectivity index is 1.91. The molecule has 144 valence electrons. The molecule has 0 aromatic heterocycles. The molecule has 0 aliphatic carbocycles. The number of para-hydroxylation sites is 1. The number of hydrogen-bond acceptors (Lipinski definition) is 10. The van der Waals surface area contributed by atoms with Gasteiger partial charge in [0.2, 0.25) is 11.9 Å². The van der Waals surface area contributed by atoms with Crippen molar-refractivity contribution in [1.29, 1.82) is 0 Å². The van der Waals surface area contributed by atoms with Crippen LogP contribution in [0, 0.1) is 0 Å². The van der Waals surface area contributed by atoms with Gasteiger partial charge < -0.3 is 25.8 Å². The largest absolute Gasteiger partial charge is 0.378 e.